The van der Waals surface area contributed by atoms with E-state index in [1.54, 1.807) is 0 Å². The molecule has 0 atom stereocenters. The molecule has 0 N–H and O–H groups in total. The SMILES string of the molecule is CCc1nc(C)nc(N(CC)CCN(C)C)n1. The van der Waals surface area contributed by atoms with Crippen molar-refractivity contribution in [1.82, 2.24) is 19.9 Å². The Morgan fingerprint density at radius 3 is 2.24 bits per heavy atom. The molecule has 0 spiro atoms. The maximum absolute atomic E-state index is 4.49. The lowest BCUT2D eigenvalue weighted by atomic mass is 10.4. The van der Waals surface area contributed by atoms with Gasteiger partial charge in [-0.15, -0.1) is 0 Å². The molecule has 96 valence electrons. The summed E-state index contributed by atoms with van der Waals surface area (Å²) in [5.74, 6) is 2.48. The first-order chi connectivity index (χ1) is 8.06. The van der Waals surface area contributed by atoms with Crippen LogP contribution in [-0.2, 0) is 6.42 Å². The highest BCUT2D eigenvalue weighted by Crippen LogP contribution is 2.08. The van der Waals surface area contributed by atoms with Gasteiger partial charge in [-0.2, -0.15) is 9.97 Å². The van der Waals surface area contributed by atoms with Gasteiger partial charge in [0.05, 0.1) is 0 Å². The van der Waals surface area contributed by atoms with E-state index in [0.29, 0.717) is 0 Å². The fraction of sp³-hybridized carbons (Fsp3) is 0.750. The maximum atomic E-state index is 4.49. The summed E-state index contributed by atoms with van der Waals surface area (Å²) in [6.07, 6.45) is 0.849. The van der Waals surface area contributed by atoms with Gasteiger partial charge >= 0.3 is 0 Å². The number of anilines is 1. The van der Waals surface area contributed by atoms with Gasteiger partial charge in [0, 0.05) is 26.1 Å². The number of aryl methyl sites for hydroxylation is 2. The predicted octanol–water partition coefficient (Wildman–Crippen LogP) is 1.13. The van der Waals surface area contributed by atoms with Crippen LogP contribution in [0.5, 0.6) is 0 Å². The van der Waals surface area contributed by atoms with E-state index in [9.17, 15) is 0 Å². The summed E-state index contributed by atoms with van der Waals surface area (Å²) in [7, 11) is 4.15. The van der Waals surface area contributed by atoms with Crippen molar-refractivity contribution in [1.29, 1.82) is 0 Å². The highest BCUT2D eigenvalue weighted by molar-refractivity contribution is 5.29. The minimum absolute atomic E-state index is 0.801. The van der Waals surface area contributed by atoms with E-state index in [1.807, 2.05) is 6.92 Å². The van der Waals surface area contributed by atoms with Crippen LogP contribution in [0.15, 0.2) is 0 Å². The smallest absolute Gasteiger partial charge is 0.228 e. The Kier molecular flexibility index (Phi) is 5.28. The van der Waals surface area contributed by atoms with E-state index in [2.05, 4.69) is 52.7 Å². The Morgan fingerprint density at radius 1 is 1.00 bits per heavy atom. The molecule has 0 aliphatic rings. The minimum Gasteiger partial charge on any atom is -0.340 e. The predicted molar refractivity (Wildman–Crippen MR) is 70.4 cm³/mol. The van der Waals surface area contributed by atoms with E-state index in [0.717, 1.165) is 43.7 Å². The molecule has 1 heterocycles. The molecule has 5 nitrogen and oxygen atoms in total. The number of aromatic nitrogens is 3. The van der Waals surface area contributed by atoms with Crippen LogP contribution >= 0.6 is 0 Å². The van der Waals surface area contributed by atoms with Gasteiger partial charge in [0.1, 0.15) is 11.6 Å². The Bertz CT molecular complexity index is 351. The fourth-order valence-corrected chi connectivity index (χ4v) is 1.54. The molecule has 0 aromatic carbocycles. The molecule has 0 fully saturated rings. The van der Waals surface area contributed by atoms with E-state index in [1.165, 1.54) is 0 Å². The molecule has 17 heavy (non-hydrogen) atoms. The lowest BCUT2D eigenvalue weighted by Gasteiger charge is -2.23. The van der Waals surface area contributed by atoms with Crippen LogP contribution in [0.25, 0.3) is 0 Å². The molecule has 0 amide bonds. The first kappa shape index (κ1) is 13.8. The topological polar surface area (TPSA) is 45.2 Å². The molecule has 0 aliphatic carbocycles. The number of hydrogen-bond acceptors (Lipinski definition) is 5. The van der Waals surface area contributed by atoms with Crippen molar-refractivity contribution in [3.05, 3.63) is 11.6 Å². The highest BCUT2D eigenvalue weighted by Gasteiger charge is 2.10. The Balaban J connectivity index is 2.83. The van der Waals surface area contributed by atoms with Crippen molar-refractivity contribution >= 4 is 5.95 Å². The second-order valence-electron chi connectivity index (χ2n) is 4.34. The van der Waals surface area contributed by atoms with Gasteiger partial charge in [0.15, 0.2) is 0 Å². The molecule has 0 radical (unpaired) electrons. The zero-order valence-corrected chi connectivity index (χ0v) is 11.6. The standard InChI is InChI=1S/C12H23N5/c1-6-11-13-10(3)14-12(15-11)17(7-2)9-8-16(4)5/h6-9H2,1-5H3. The zero-order chi connectivity index (χ0) is 12.8. The third-order valence-electron chi connectivity index (χ3n) is 2.58. The number of likely N-dealkylation sites (N-methyl/N-ethyl adjacent to an activating group) is 2. The normalized spacial score (nSPS) is 10.9. The van der Waals surface area contributed by atoms with Crippen LogP contribution in [0.4, 0.5) is 5.95 Å². The minimum atomic E-state index is 0.801. The highest BCUT2D eigenvalue weighted by atomic mass is 15.3. The summed E-state index contributed by atoms with van der Waals surface area (Å²) in [6, 6.07) is 0. The Labute approximate surface area is 104 Å². The molecule has 5 heteroatoms. The summed E-state index contributed by atoms with van der Waals surface area (Å²) in [6.45, 7) is 8.97. The second kappa shape index (κ2) is 6.49. The van der Waals surface area contributed by atoms with Crippen molar-refractivity contribution in [2.24, 2.45) is 0 Å². The molecule has 0 saturated heterocycles. The van der Waals surface area contributed by atoms with Gasteiger partial charge in [-0.1, -0.05) is 6.92 Å². The van der Waals surface area contributed by atoms with Crippen LogP contribution in [0.1, 0.15) is 25.5 Å². The summed E-state index contributed by atoms with van der Waals surface area (Å²) in [5, 5.41) is 0. The van der Waals surface area contributed by atoms with Crippen LogP contribution in [0.3, 0.4) is 0 Å². The van der Waals surface area contributed by atoms with E-state index in [4.69, 9.17) is 0 Å². The van der Waals surface area contributed by atoms with Gasteiger partial charge in [-0.05, 0) is 27.9 Å². The summed E-state index contributed by atoms with van der Waals surface area (Å²) < 4.78 is 0. The van der Waals surface area contributed by atoms with Gasteiger partial charge in [-0.25, -0.2) is 4.98 Å². The summed E-state index contributed by atoms with van der Waals surface area (Å²) in [5.41, 5.74) is 0. The molecule has 0 unspecified atom stereocenters. The largest absolute Gasteiger partial charge is 0.340 e. The quantitative estimate of drug-likeness (QED) is 0.742. The Hall–Kier alpha value is -1.23. The van der Waals surface area contributed by atoms with Crippen LogP contribution in [0.2, 0.25) is 0 Å². The van der Waals surface area contributed by atoms with Gasteiger partial charge in [0.2, 0.25) is 5.95 Å². The van der Waals surface area contributed by atoms with Crippen molar-refractivity contribution in [2.75, 3.05) is 38.6 Å². The molecule has 0 bridgehead atoms. The van der Waals surface area contributed by atoms with Crippen LogP contribution < -0.4 is 4.90 Å². The molecule has 0 aliphatic heterocycles. The number of nitrogens with zero attached hydrogens (tertiary/aromatic N) is 5. The van der Waals surface area contributed by atoms with Crippen molar-refractivity contribution in [2.45, 2.75) is 27.2 Å². The molecular formula is C12H23N5. The van der Waals surface area contributed by atoms with E-state index in [-0.39, 0.29) is 0 Å². The van der Waals surface area contributed by atoms with E-state index >= 15 is 0 Å². The second-order valence-corrected chi connectivity index (χ2v) is 4.34. The molecule has 1 aromatic heterocycles. The Morgan fingerprint density at radius 2 is 1.71 bits per heavy atom. The molecule has 0 saturated carbocycles. The van der Waals surface area contributed by atoms with Crippen molar-refractivity contribution in [3.8, 4) is 0 Å². The fourth-order valence-electron chi connectivity index (χ4n) is 1.54. The maximum Gasteiger partial charge on any atom is 0.228 e. The molecule has 1 rings (SSSR count). The summed E-state index contributed by atoms with van der Waals surface area (Å²) in [4.78, 5) is 17.6. The lowest BCUT2D eigenvalue weighted by Crippen LogP contribution is -2.33. The van der Waals surface area contributed by atoms with E-state index < -0.39 is 0 Å². The zero-order valence-electron chi connectivity index (χ0n) is 11.6. The first-order valence-corrected chi connectivity index (χ1v) is 6.18. The monoisotopic (exact) mass is 237 g/mol. The van der Waals surface area contributed by atoms with Gasteiger partial charge in [0.25, 0.3) is 0 Å². The number of hydrogen-bond donors (Lipinski definition) is 0. The van der Waals surface area contributed by atoms with Crippen molar-refractivity contribution < 1.29 is 0 Å². The van der Waals surface area contributed by atoms with Gasteiger partial charge in [-0.3, -0.25) is 0 Å². The molecular weight excluding hydrogens is 214 g/mol. The van der Waals surface area contributed by atoms with Gasteiger partial charge < -0.3 is 9.80 Å². The average Bonchev–Trinajstić information content (AvgIpc) is 2.28. The lowest BCUT2D eigenvalue weighted by molar-refractivity contribution is 0.413. The third-order valence-corrected chi connectivity index (χ3v) is 2.58. The molecule has 1 aromatic rings. The number of rotatable bonds is 6. The first-order valence-electron chi connectivity index (χ1n) is 6.18. The third kappa shape index (κ3) is 4.26. The van der Waals surface area contributed by atoms with Crippen LogP contribution in [-0.4, -0.2) is 53.6 Å². The van der Waals surface area contributed by atoms with Crippen molar-refractivity contribution in [3.63, 3.8) is 0 Å². The summed E-state index contributed by atoms with van der Waals surface area (Å²) >= 11 is 0. The van der Waals surface area contributed by atoms with Crippen LogP contribution in [0, 0.1) is 6.92 Å². The average molecular weight is 237 g/mol.